The van der Waals surface area contributed by atoms with E-state index >= 15 is 0 Å². The first-order valence-corrected chi connectivity index (χ1v) is 5.57. The second-order valence-corrected chi connectivity index (χ2v) is 4.14. The second kappa shape index (κ2) is 5.37. The fourth-order valence-electron chi connectivity index (χ4n) is 1.39. The predicted octanol–water partition coefficient (Wildman–Crippen LogP) is 3.26. The van der Waals surface area contributed by atoms with Crippen molar-refractivity contribution in [2.75, 3.05) is 7.11 Å². The molecule has 0 spiro atoms. The van der Waals surface area contributed by atoms with E-state index in [4.69, 9.17) is 10.5 Å². The highest BCUT2D eigenvalue weighted by molar-refractivity contribution is 9.10. The van der Waals surface area contributed by atoms with Gasteiger partial charge in [-0.25, -0.2) is 0 Å². The van der Waals surface area contributed by atoms with Crippen LogP contribution in [0.25, 0.3) is 0 Å². The standard InChI is InChI=1S/C11H16BrNO/c1-3-4-10(13)8-5-6-11(14-2)9(12)7-8/h5-7,10H,3-4,13H2,1-2H3. The lowest BCUT2D eigenvalue weighted by Crippen LogP contribution is -2.09. The topological polar surface area (TPSA) is 35.2 Å². The van der Waals surface area contributed by atoms with E-state index in [2.05, 4.69) is 22.9 Å². The number of methoxy groups -OCH3 is 1. The zero-order chi connectivity index (χ0) is 10.6. The van der Waals surface area contributed by atoms with E-state index < -0.39 is 0 Å². The molecule has 0 aliphatic heterocycles. The maximum atomic E-state index is 6.00. The van der Waals surface area contributed by atoms with Crippen LogP contribution >= 0.6 is 15.9 Å². The molecule has 1 rings (SSSR count). The van der Waals surface area contributed by atoms with E-state index in [1.54, 1.807) is 7.11 Å². The number of nitrogens with two attached hydrogens (primary N) is 1. The molecule has 2 N–H and O–H groups in total. The SMILES string of the molecule is CCCC(N)c1ccc(OC)c(Br)c1. The summed E-state index contributed by atoms with van der Waals surface area (Å²) in [6.45, 7) is 2.14. The zero-order valence-corrected chi connectivity index (χ0v) is 10.2. The van der Waals surface area contributed by atoms with Crippen LogP contribution in [0.1, 0.15) is 31.4 Å². The smallest absolute Gasteiger partial charge is 0.133 e. The van der Waals surface area contributed by atoms with E-state index in [-0.39, 0.29) is 6.04 Å². The van der Waals surface area contributed by atoms with Crippen molar-refractivity contribution in [2.45, 2.75) is 25.8 Å². The Morgan fingerprint density at radius 3 is 2.71 bits per heavy atom. The maximum Gasteiger partial charge on any atom is 0.133 e. The summed E-state index contributed by atoms with van der Waals surface area (Å²) < 4.78 is 6.11. The molecule has 14 heavy (non-hydrogen) atoms. The summed E-state index contributed by atoms with van der Waals surface area (Å²) in [5.41, 5.74) is 7.16. The number of benzene rings is 1. The largest absolute Gasteiger partial charge is 0.496 e. The third-order valence-corrected chi connectivity index (χ3v) is 2.82. The Balaban J connectivity index is 2.85. The molecule has 0 aliphatic rings. The van der Waals surface area contributed by atoms with Crippen LogP contribution in [-0.4, -0.2) is 7.11 Å². The molecule has 0 aromatic heterocycles. The first-order chi connectivity index (χ1) is 6.69. The molecule has 0 heterocycles. The number of hydrogen-bond donors (Lipinski definition) is 1. The van der Waals surface area contributed by atoms with Gasteiger partial charge in [0, 0.05) is 6.04 Å². The number of ether oxygens (including phenoxy) is 1. The molecule has 0 bridgehead atoms. The highest BCUT2D eigenvalue weighted by atomic mass is 79.9. The normalized spacial score (nSPS) is 12.6. The molecule has 0 fully saturated rings. The Labute approximate surface area is 93.6 Å². The Morgan fingerprint density at radius 1 is 1.50 bits per heavy atom. The fraction of sp³-hybridized carbons (Fsp3) is 0.455. The van der Waals surface area contributed by atoms with E-state index in [0.29, 0.717) is 0 Å². The Kier molecular flexibility index (Phi) is 4.42. The molecule has 0 aliphatic carbocycles. The highest BCUT2D eigenvalue weighted by Gasteiger charge is 2.07. The highest BCUT2D eigenvalue weighted by Crippen LogP contribution is 2.28. The molecule has 1 aromatic carbocycles. The van der Waals surface area contributed by atoms with Crippen LogP contribution in [0.4, 0.5) is 0 Å². The first kappa shape index (κ1) is 11.5. The minimum absolute atomic E-state index is 0.127. The predicted molar refractivity (Wildman–Crippen MR) is 62.5 cm³/mol. The van der Waals surface area contributed by atoms with Crippen LogP contribution in [0, 0.1) is 0 Å². The lowest BCUT2D eigenvalue weighted by Gasteiger charge is -2.12. The monoisotopic (exact) mass is 257 g/mol. The Bertz CT molecular complexity index is 301. The lowest BCUT2D eigenvalue weighted by molar-refractivity contribution is 0.411. The van der Waals surface area contributed by atoms with E-state index in [9.17, 15) is 0 Å². The van der Waals surface area contributed by atoms with E-state index in [0.717, 1.165) is 28.6 Å². The fourth-order valence-corrected chi connectivity index (χ4v) is 1.95. The Hall–Kier alpha value is -0.540. The van der Waals surface area contributed by atoms with E-state index in [1.165, 1.54) is 0 Å². The van der Waals surface area contributed by atoms with Gasteiger partial charge < -0.3 is 10.5 Å². The van der Waals surface area contributed by atoms with Crippen LogP contribution in [0.15, 0.2) is 22.7 Å². The Morgan fingerprint density at radius 2 is 2.21 bits per heavy atom. The second-order valence-electron chi connectivity index (χ2n) is 3.29. The van der Waals surface area contributed by atoms with Crippen molar-refractivity contribution in [1.82, 2.24) is 0 Å². The molecule has 1 atom stereocenters. The molecule has 1 unspecified atom stereocenters. The third kappa shape index (κ3) is 2.72. The van der Waals surface area contributed by atoms with Gasteiger partial charge in [0.15, 0.2) is 0 Å². The summed E-state index contributed by atoms with van der Waals surface area (Å²) >= 11 is 3.45. The van der Waals surface area contributed by atoms with Crippen molar-refractivity contribution in [3.63, 3.8) is 0 Å². The molecular formula is C11H16BrNO. The van der Waals surface area contributed by atoms with Gasteiger partial charge in [0.05, 0.1) is 11.6 Å². The number of halogens is 1. The summed E-state index contributed by atoms with van der Waals surface area (Å²) in [6, 6.07) is 6.11. The van der Waals surface area contributed by atoms with Crippen LogP contribution in [0.2, 0.25) is 0 Å². The van der Waals surface area contributed by atoms with E-state index in [1.807, 2.05) is 18.2 Å². The zero-order valence-electron chi connectivity index (χ0n) is 8.59. The number of rotatable bonds is 4. The van der Waals surface area contributed by atoms with Gasteiger partial charge in [0.2, 0.25) is 0 Å². The minimum atomic E-state index is 0.127. The third-order valence-electron chi connectivity index (χ3n) is 2.20. The summed E-state index contributed by atoms with van der Waals surface area (Å²) in [5, 5.41) is 0. The van der Waals surface area contributed by atoms with Crippen molar-refractivity contribution in [2.24, 2.45) is 5.73 Å². The van der Waals surface area contributed by atoms with Gasteiger partial charge in [-0.05, 0) is 40.0 Å². The molecule has 78 valence electrons. The maximum absolute atomic E-state index is 6.00. The summed E-state index contributed by atoms with van der Waals surface area (Å²) in [6.07, 6.45) is 2.11. The molecule has 3 heteroatoms. The molecule has 0 radical (unpaired) electrons. The summed E-state index contributed by atoms with van der Waals surface area (Å²) in [7, 11) is 1.66. The lowest BCUT2D eigenvalue weighted by atomic mass is 10.0. The first-order valence-electron chi connectivity index (χ1n) is 4.78. The van der Waals surface area contributed by atoms with Crippen LogP contribution < -0.4 is 10.5 Å². The van der Waals surface area contributed by atoms with Crippen molar-refractivity contribution in [3.05, 3.63) is 28.2 Å². The van der Waals surface area contributed by atoms with Gasteiger partial charge in [0.25, 0.3) is 0 Å². The van der Waals surface area contributed by atoms with Gasteiger partial charge in [-0.15, -0.1) is 0 Å². The van der Waals surface area contributed by atoms with Gasteiger partial charge in [-0.3, -0.25) is 0 Å². The van der Waals surface area contributed by atoms with Crippen LogP contribution in [0.3, 0.4) is 0 Å². The summed E-state index contributed by atoms with van der Waals surface area (Å²) in [4.78, 5) is 0. The average molecular weight is 258 g/mol. The molecule has 0 saturated carbocycles. The van der Waals surface area contributed by atoms with Crippen molar-refractivity contribution in [3.8, 4) is 5.75 Å². The number of hydrogen-bond acceptors (Lipinski definition) is 2. The van der Waals surface area contributed by atoms with Crippen LogP contribution in [-0.2, 0) is 0 Å². The average Bonchev–Trinajstić information content (AvgIpc) is 2.18. The molecular weight excluding hydrogens is 242 g/mol. The van der Waals surface area contributed by atoms with Gasteiger partial charge in [-0.2, -0.15) is 0 Å². The molecule has 1 aromatic rings. The van der Waals surface area contributed by atoms with Gasteiger partial charge in [-0.1, -0.05) is 19.4 Å². The summed E-state index contributed by atoms with van der Waals surface area (Å²) in [5.74, 6) is 0.845. The quantitative estimate of drug-likeness (QED) is 0.899. The van der Waals surface area contributed by atoms with Gasteiger partial charge in [0.1, 0.15) is 5.75 Å². The van der Waals surface area contributed by atoms with Crippen molar-refractivity contribution in [1.29, 1.82) is 0 Å². The molecule has 0 amide bonds. The van der Waals surface area contributed by atoms with Crippen LogP contribution in [0.5, 0.6) is 5.75 Å². The molecule has 2 nitrogen and oxygen atoms in total. The molecule has 0 saturated heterocycles. The van der Waals surface area contributed by atoms with Crippen molar-refractivity contribution >= 4 is 15.9 Å². The van der Waals surface area contributed by atoms with Crippen molar-refractivity contribution < 1.29 is 4.74 Å². The minimum Gasteiger partial charge on any atom is -0.496 e. The van der Waals surface area contributed by atoms with Gasteiger partial charge >= 0.3 is 0 Å².